The van der Waals surface area contributed by atoms with Crippen LogP contribution in [0.5, 0.6) is 0 Å². The van der Waals surface area contributed by atoms with Crippen molar-refractivity contribution in [3.05, 3.63) is 64.7 Å². The second-order valence-corrected chi connectivity index (χ2v) is 11.7. The van der Waals surface area contributed by atoms with Gasteiger partial charge in [-0.2, -0.15) is 0 Å². The van der Waals surface area contributed by atoms with E-state index >= 15 is 0 Å². The Morgan fingerprint density at radius 3 is 2.18 bits per heavy atom. The number of rotatable bonds is 11. The van der Waals surface area contributed by atoms with Crippen LogP contribution in [0.25, 0.3) is 0 Å². The molecule has 0 aromatic heterocycles. The Hall–Kier alpha value is -3.35. The van der Waals surface area contributed by atoms with Crippen LogP contribution < -0.4 is 10.6 Å². The molecule has 0 radical (unpaired) electrons. The van der Waals surface area contributed by atoms with Crippen molar-refractivity contribution in [1.82, 2.24) is 10.2 Å². The number of aryl methyl sites for hydroxylation is 3. The topological polar surface area (TPSA) is 87.7 Å². The summed E-state index contributed by atoms with van der Waals surface area (Å²) in [4.78, 5) is 42.7. The second-order valence-electron chi connectivity index (χ2n) is 11.7. The van der Waals surface area contributed by atoms with Crippen LogP contribution in [-0.4, -0.2) is 41.0 Å². The molecule has 0 saturated carbocycles. The molecule has 2 aromatic rings. The molecule has 0 heterocycles. The predicted octanol–water partition coefficient (Wildman–Crippen LogP) is 6.86. The first-order valence-corrected chi connectivity index (χ1v) is 14.0. The summed E-state index contributed by atoms with van der Waals surface area (Å²) in [5, 5.41) is 5.86. The van der Waals surface area contributed by atoms with E-state index in [1.165, 1.54) is 0 Å². The summed E-state index contributed by atoms with van der Waals surface area (Å²) in [6.07, 6.45) is 1.96. The molecule has 0 aliphatic heterocycles. The van der Waals surface area contributed by atoms with Crippen molar-refractivity contribution in [3.8, 4) is 0 Å². The Bertz CT molecular complexity index is 1140. The lowest BCUT2D eigenvalue weighted by atomic mass is 9.94. The average Bonchev–Trinajstić information content (AvgIpc) is 2.82. The van der Waals surface area contributed by atoms with Crippen molar-refractivity contribution in [2.45, 2.75) is 99.3 Å². The molecule has 2 N–H and O–H groups in total. The van der Waals surface area contributed by atoms with E-state index in [0.717, 1.165) is 41.5 Å². The molecule has 0 fully saturated rings. The molecule has 2 rings (SSSR count). The number of unbranched alkanes of at least 4 members (excludes halogenated alkanes) is 2. The van der Waals surface area contributed by atoms with E-state index in [9.17, 15) is 14.4 Å². The van der Waals surface area contributed by atoms with Crippen molar-refractivity contribution in [1.29, 1.82) is 0 Å². The number of benzene rings is 2. The Balaban J connectivity index is 2.58. The van der Waals surface area contributed by atoms with Gasteiger partial charge in [0.1, 0.15) is 17.7 Å². The van der Waals surface area contributed by atoms with Crippen LogP contribution in [0.2, 0.25) is 0 Å². The minimum Gasteiger partial charge on any atom is -0.444 e. The van der Waals surface area contributed by atoms with Gasteiger partial charge in [0.05, 0.1) is 0 Å². The van der Waals surface area contributed by atoms with Gasteiger partial charge in [-0.25, -0.2) is 4.79 Å². The first-order chi connectivity index (χ1) is 18.2. The Morgan fingerprint density at radius 1 is 0.949 bits per heavy atom. The van der Waals surface area contributed by atoms with Crippen LogP contribution in [0, 0.1) is 26.7 Å². The Morgan fingerprint density at radius 2 is 1.62 bits per heavy atom. The fraction of sp³-hybridized carbons (Fsp3) is 0.531. The van der Waals surface area contributed by atoms with Crippen LogP contribution in [0.3, 0.4) is 0 Å². The number of anilines is 1. The highest BCUT2D eigenvalue weighted by atomic mass is 16.6. The summed E-state index contributed by atoms with van der Waals surface area (Å²) in [5.41, 5.74) is 3.69. The molecule has 0 aliphatic rings. The number of nitrogens with one attached hydrogen (secondary N) is 2. The SMILES string of the molecule is CCCCCN(C(=O)C(NC(=O)OC(C)(C)C)C(C)C)C(C(=O)Nc1ccccc1C)c1ccc(C)cc1C. The van der Waals surface area contributed by atoms with Crippen molar-refractivity contribution in [2.24, 2.45) is 5.92 Å². The third-order valence-electron chi connectivity index (χ3n) is 6.57. The predicted molar refractivity (Wildman–Crippen MR) is 158 cm³/mol. The van der Waals surface area contributed by atoms with Gasteiger partial charge in [0.2, 0.25) is 5.91 Å². The van der Waals surface area contributed by atoms with Gasteiger partial charge < -0.3 is 20.3 Å². The van der Waals surface area contributed by atoms with Crippen LogP contribution >= 0.6 is 0 Å². The number of hydrogen-bond acceptors (Lipinski definition) is 4. The molecule has 214 valence electrons. The number of ether oxygens (including phenoxy) is 1. The van der Waals surface area contributed by atoms with E-state index in [4.69, 9.17) is 4.74 Å². The maximum Gasteiger partial charge on any atom is 0.408 e. The molecule has 7 heteroatoms. The molecule has 39 heavy (non-hydrogen) atoms. The molecule has 2 aromatic carbocycles. The van der Waals surface area contributed by atoms with Crippen molar-refractivity contribution < 1.29 is 19.1 Å². The van der Waals surface area contributed by atoms with Crippen molar-refractivity contribution in [2.75, 3.05) is 11.9 Å². The van der Waals surface area contributed by atoms with Gasteiger partial charge in [-0.15, -0.1) is 0 Å². The summed E-state index contributed by atoms with van der Waals surface area (Å²) < 4.78 is 5.46. The highest BCUT2D eigenvalue weighted by molar-refractivity contribution is 5.99. The normalized spacial score (nSPS) is 13.0. The van der Waals surface area contributed by atoms with Crippen LogP contribution in [0.1, 0.15) is 89.1 Å². The van der Waals surface area contributed by atoms with Crippen molar-refractivity contribution in [3.63, 3.8) is 0 Å². The monoisotopic (exact) mass is 537 g/mol. The summed E-state index contributed by atoms with van der Waals surface area (Å²) in [5.74, 6) is -0.823. The zero-order chi connectivity index (χ0) is 29.3. The van der Waals surface area contributed by atoms with E-state index in [1.807, 2.05) is 77.1 Å². The molecule has 0 saturated heterocycles. The van der Waals surface area contributed by atoms with E-state index < -0.39 is 23.8 Å². The molecular weight excluding hydrogens is 490 g/mol. The summed E-state index contributed by atoms with van der Waals surface area (Å²) in [6.45, 7) is 17.5. The lowest BCUT2D eigenvalue weighted by Crippen LogP contribution is -2.54. The molecule has 0 aliphatic carbocycles. The molecule has 2 atom stereocenters. The molecule has 0 spiro atoms. The second kappa shape index (κ2) is 14.2. The van der Waals surface area contributed by atoms with Gasteiger partial charge >= 0.3 is 6.09 Å². The van der Waals surface area contributed by atoms with Gasteiger partial charge in [-0.1, -0.05) is 75.6 Å². The number of carbonyl (C=O) groups is 3. The maximum absolute atomic E-state index is 14.3. The third kappa shape index (κ3) is 9.41. The largest absolute Gasteiger partial charge is 0.444 e. The van der Waals surface area contributed by atoms with Gasteiger partial charge in [0.25, 0.3) is 5.91 Å². The fourth-order valence-corrected chi connectivity index (χ4v) is 4.52. The number of carbonyl (C=O) groups excluding carboxylic acids is 3. The zero-order valence-electron chi connectivity index (χ0n) is 25.2. The van der Waals surface area contributed by atoms with Crippen LogP contribution in [-0.2, 0) is 14.3 Å². The molecule has 3 amide bonds. The first kappa shape index (κ1) is 31.9. The average molecular weight is 538 g/mol. The highest BCUT2D eigenvalue weighted by Crippen LogP contribution is 2.29. The third-order valence-corrected chi connectivity index (χ3v) is 6.57. The van der Waals surface area contributed by atoms with E-state index in [1.54, 1.807) is 25.7 Å². The standard InChI is InChI=1S/C32H47N3O4/c1-10-11-14-19-35(30(37)27(21(2)3)34-31(38)39-32(7,8)9)28(25-18-17-22(4)20-24(25)6)29(36)33-26-16-13-12-15-23(26)5/h12-13,15-18,20-21,27-28H,10-11,14,19H2,1-9H3,(H,33,36)(H,34,38). The zero-order valence-corrected chi connectivity index (χ0v) is 25.2. The molecule has 7 nitrogen and oxygen atoms in total. The number of hydrogen-bond donors (Lipinski definition) is 2. The maximum atomic E-state index is 14.3. The van der Waals surface area contributed by atoms with E-state index in [0.29, 0.717) is 12.2 Å². The summed E-state index contributed by atoms with van der Waals surface area (Å²) in [7, 11) is 0. The number of nitrogens with zero attached hydrogens (tertiary/aromatic N) is 1. The van der Waals surface area contributed by atoms with Gasteiger partial charge in [-0.05, 0) is 76.6 Å². The van der Waals surface area contributed by atoms with E-state index in [2.05, 4.69) is 17.6 Å². The molecular formula is C32H47N3O4. The highest BCUT2D eigenvalue weighted by Gasteiger charge is 2.38. The van der Waals surface area contributed by atoms with Crippen molar-refractivity contribution >= 4 is 23.6 Å². The van der Waals surface area contributed by atoms with Gasteiger partial charge in [0.15, 0.2) is 0 Å². The number of para-hydroxylation sites is 1. The molecule has 2 unspecified atom stereocenters. The lowest BCUT2D eigenvalue weighted by Gasteiger charge is -2.36. The lowest BCUT2D eigenvalue weighted by molar-refractivity contribution is -0.141. The Labute approximate surface area is 234 Å². The van der Waals surface area contributed by atoms with Gasteiger partial charge in [0, 0.05) is 12.2 Å². The first-order valence-electron chi connectivity index (χ1n) is 14.0. The number of alkyl carbamates (subject to hydrolysis) is 1. The minimum absolute atomic E-state index is 0.224. The summed E-state index contributed by atoms with van der Waals surface area (Å²) >= 11 is 0. The summed E-state index contributed by atoms with van der Waals surface area (Å²) in [6, 6.07) is 11.8. The smallest absolute Gasteiger partial charge is 0.408 e. The van der Waals surface area contributed by atoms with E-state index in [-0.39, 0.29) is 17.7 Å². The quantitative estimate of drug-likeness (QED) is 0.307. The van der Waals surface area contributed by atoms with Crippen LogP contribution in [0.4, 0.5) is 10.5 Å². The van der Waals surface area contributed by atoms with Gasteiger partial charge in [-0.3, -0.25) is 9.59 Å². The van der Waals surface area contributed by atoms with Crippen LogP contribution in [0.15, 0.2) is 42.5 Å². The fourth-order valence-electron chi connectivity index (χ4n) is 4.52. The minimum atomic E-state index is -0.878. The number of amides is 3. The molecule has 0 bridgehead atoms. The Kier molecular flexibility index (Phi) is 11.6.